The minimum atomic E-state index is -0.642. The van der Waals surface area contributed by atoms with E-state index in [1.54, 1.807) is 6.92 Å². The standard InChI is InChI=1S/C20H27NO3/c1-2-24-20(23)18(16-10-4-3-5-11-16)19(22)21-14-8-12-15-9-6-7-13-17(15)21/h6-7,9,13,16,18H,2-5,8,10-12,14H2,1H3/t18-/m0/s1. The van der Waals surface area contributed by atoms with E-state index < -0.39 is 5.92 Å². The molecule has 1 aromatic rings. The second-order valence-electron chi connectivity index (χ2n) is 6.85. The number of ether oxygens (including phenoxy) is 1. The first-order chi connectivity index (χ1) is 11.7. The van der Waals surface area contributed by atoms with Gasteiger partial charge in [0.25, 0.3) is 0 Å². The van der Waals surface area contributed by atoms with Gasteiger partial charge in [-0.2, -0.15) is 0 Å². The fraction of sp³-hybridized carbons (Fsp3) is 0.600. The summed E-state index contributed by atoms with van der Waals surface area (Å²) in [5.41, 5.74) is 2.17. The maximum absolute atomic E-state index is 13.3. The maximum atomic E-state index is 13.3. The number of fused-ring (bicyclic) bond motifs is 1. The number of hydrogen-bond acceptors (Lipinski definition) is 3. The second-order valence-corrected chi connectivity index (χ2v) is 6.85. The van der Waals surface area contributed by atoms with Crippen LogP contribution in [0.1, 0.15) is 51.0 Å². The van der Waals surface area contributed by atoms with Crippen molar-refractivity contribution in [3.05, 3.63) is 29.8 Å². The average molecular weight is 329 g/mol. The Kier molecular flexibility index (Phi) is 5.54. The Morgan fingerprint density at radius 2 is 1.92 bits per heavy atom. The van der Waals surface area contributed by atoms with Crippen molar-refractivity contribution >= 4 is 17.6 Å². The van der Waals surface area contributed by atoms with Gasteiger partial charge in [0, 0.05) is 12.2 Å². The molecule has 3 rings (SSSR count). The van der Waals surface area contributed by atoms with Crippen LogP contribution >= 0.6 is 0 Å². The average Bonchev–Trinajstić information content (AvgIpc) is 2.62. The van der Waals surface area contributed by atoms with E-state index in [4.69, 9.17) is 4.74 Å². The Balaban J connectivity index is 1.87. The molecule has 1 aromatic carbocycles. The van der Waals surface area contributed by atoms with Gasteiger partial charge in [-0.1, -0.05) is 37.5 Å². The third-order valence-corrected chi connectivity index (χ3v) is 5.30. The third kappa shape index (κ3) is 3.47. The molecular weight excluding hydrogens is 302 g/mol. The number of nitrogens with zero attached hydrogens (tertiary/aromatic N) is 1. The summed E-state index contributed by atoms with van der Waals surface area (Å²) in [4.78, 5) is 27.7. The summed E-state index contributed by atoms with van der Waals surface area (Å²) >= 11 is 0. The van der Waals surface area contributed by atoms with Crippen molar-refractivity contribution in [3.63, 3.8) is 0 Å². The van der Waals surface area contributed by atoms with Gasteiger partial charge in [0.1, 0.15) is 5.92 Å². The molecule has 4 nitrogen and oxygen atoms in total. The normalized spacial score (nSPS) is 19.5. The lowest BCUT2D eigenvalue weighted by molar-refractivity contribution is -0.154. The van der Waals surface area contributed by atoms with E-state index in [1.165, 1.54) is 12.0 Å². The minimum Gasteiger partial charge on any atom is -0.465 e. The lowest BCUT2D eigenvalue weighted by atomic mass is 9.79. The largest absolute Gasteiger partial charge is 0.465 e. The van der Waals surface area contributed by atoms with E-state index in [-0.39, 0.29) is 17.8 Å². The van der Waals surface area contributed by atoms with Crippen LogP contribution < -0.4 is 4.90 Å². The molecule has 130 valence electrons. The van der Waals surface area contributed by atoms with Gasteiger partial charge >= 0.3 is 5.97 Å². The molecule has 0 N–H and O–H groups in total. The molecule has 0 unspecified atom stereocenters. The van der Waals surface area contributed by atoms with Crippen LogP contribution in [0.15, 0.2) is 24.3 Å². The van der Waals surface area contributed by atoms with Gasteiger partial charge < -0.3 is 9.64 Å². The predicted molar refractivity (Wildman–Crippen MR) is 93.8 cm³/mol. The number of amides is 1. The zero-order valence-electron chi connectivity index (χ0n) is 14.5. The molecule has 0 bridgehead atoms. The van der Waals surface area contributed by atoms with Crippen molar-refractivity contribution in [2.45, 2.75) is 51.9 Å². The van der Waals surface area contributed by atoms with E-state index in [2.05, 4.69) is 6.07 Å². The highest BCUT2D eigenvalue weighted by atomic mass is 16.5. The number of anilines is 1. The van der Waals surface area contributed by atoms with Gasteiger partial charge in [-0.3, -0.25) is 9.59 Å². The van der Waals surface area contributed by atoms with Gasteiger partial charge in [0.15, 0.2) is 0 Å². The van der Waals surface area contributed by atoms with Crippen LogP contribution in [-0.4, -0.2) is 25.0 Å². The molecule has 0 aromatic heterocycles. The summed E-state index contributed by atoms with van der Waals surface area (Å²) in [6.45, 7) is 2.82. The Morgan fingerprint density at radius 3 is 2.67 bits per heavy atom. The number of benzene rings is 1. The molecule has 2 aliphatic rings. The van der Waals surface area contributed by atoms with Crippen molar-refractivity contribution in [1.29, 1.82) is 0 Å². The molecule has 1 fully saturated rings. The highest BCUT2D eigenvalue weighted by Gasteiger charge is 2.40. The van der Waals surface area contributed by atoms with Gasteiger partial charge in [-0.15, -0.1) is 0 Å². The molecule has 1 heterocycles. The van der Waals surface area contributed by atoms with Crippen LogP contribution in [0.5, 0.6) is 0 Å². The zero-order chi connectivity index (χ0) is 16.9. The fourth-order valence-electron chi connectivity index (χ4n) is 4.12. The summed E-state index contributed by atoms with van der Waals surface area (Å²) in [6.07, 6.45) is 7.24. The van der Waals surface area contributed by atoms with E-state index >= 15 is 0 Å². The van der Waals surface area contributed by atoms with Gasteiger partial charge in [-0.05, 0) is 50.2 Å². The lowest BCUT2D eigenvalue weighted by Gasteiger charge is -2.35. The smallest absolute Gasteiger partial charge is 0.318 e. The molecule has 0 radical (unpaired) electrons. The van der Waals surface area contributed by atoms with Crippen molar-refractivity contribution in [2.24, 2.45) is 11.8 Å². The van der Waals surface area contributed by atoms with Crippen molar-refractivity contribution in [2.75, 3.05) is 18.1 Å². The summed E-state index contributed by atoms with van der Waals surface area (Å²) in [5, 5.41) is 0. The van der Waals surface area contributed by atoms with Gasteiger partial charge in [0.05, 0.1) is 6.61 Å². The van der Waals surface area contributed by atoms with Gasteiger partial charge in [0.2, 0.25) is 5.91 Å². The Hall–Kier alpha value is -1.84. The molecule has 0 spiro atoms. The first-order valence-electron chi connectivity index (χ1n) is 9.28. The van der Waals surface area contributed by atoms with Crippen LogP contribution in [0.3, 0.4) is 0 Å². The van der Waals surface area contributed by atoms with Gasteiger partial charge in [-0.25, -0.2) is 0 Å². The zero-order valence-corrected chi connectivity index (χ0v) is 14.5. The highest BCUT2D eigenvalue weighted by molar-refractivity contribution is 6.07. The first-order valence-corrected chi connectivity index (χ1v) is 9.28. The summed E-state index contributed by atoms with van der Waals surface area (Å²) < 4.78 is 5.27. The predicted octanol–water partition coefficient (Wildman–Crippen LogP) is 3.73. The van der Waals surface area contributed by atoms with Crippen LogP contribution in [0.25, 0.3) is 0 Å². The topological polar surface area (TPSA) is 46.6 Å². The summed E-state index contributed by atoms with van der Waals surface area (Å²) in [5.74, 6) is -0.916. The molecule has 0 saturated heterocycles. The van der Waals surface area contributed by atoms with E-state index in [0.29, 0.717) is 13.2 Å². The van der Waals surface area contributed by atoms with Crippen molar-refractivity contribution in [3.8, 4) is 0 Å². The number of carbonyl (C=O) groups excluding carboxylic acids is 2. The van der Waals surface area contributed by atoms with Crippen LogP contribution in [0.4, 0.5) is 5.69 Å². The molecule has 1 aliphatic carbocycles. The molecule has 1 saturated carbocycles. The third-order valence-electron chi connectivity index (χ3n) is 5.30. The molecular formula is C20H27NO3. The highest BCUT2D eigenvalue weighted by Crippen LogP contribution is 2.35. The number of carbonyl (C=O) groups is 2. The number of hydrogen-bond donors (Lipinski definition) is 0. The molecule has 1 amide bonds. The Bertz CT molecular complexity index is 592. The SMILES string of the molecule is CCOC(=O)[C@H](C(=O)N1CCCc2ccccc21)C1CCCCC1. The van der Waals surface area contributed by atoms with E-state index in [1.807, 2.05) is 23.1 Å². The first kappa shape index (κ1) is 17.0. The molecule has 4 heteroatoms. The monoisotopic (exact) mass is 329 g/mol. The van der Waals surface area contributed by atoms with Crippen molar-refractivity contribution < 1.29 is 14.3 Å². The number of para-hydroxylation sites is 1. The molecule has 1 atom stereocenters. The Labute approximate surface area is 144 Å². The summed E-state index contributed by atoms with van der Waals surface area (Å²) in [6, 6.07) is 8.05. The maximum Gasteiger partial charge on any atom is 0.318 e. The lowest BCUT2D eigenvalue weighted by Crippen LogP contribution is -2.46. The number of aryl methyl sites for hydroxylation is 1. The Morgan fingerprint density at radius 1 is 1.17 bits per heavy atom. The molecule has 1 aliphatic heterocycles. The number of rotatable bonds is 4. The molecule has 24 heavy (non-hydrogen) atoms. The van der Waals surface area contributed by atoms with Crippen LogP contribution in [-0.2, 0) is 20.7 Å². The van der Waals surface area contributed by atoms with Crippen LogP contribution in [0.2, 0.25) is 0 Å². The van der Waals surface area contributed by atoms with Crippen LogP contribution in [0, 0.1) is 11.8 Å². The van der Waals surface area contributed by atoms with E-state index in [9.17, 15) is 9.59 Å². The minimum absolute atomic E-state index is 0.0625. The fourth-order valence-corrected chi connectivity index (χ4v) is 4.12. The van der Waals surface area contributed by atoms with Crippen molar-refractivity contribution in [1.82, 2.24) is 0 Å². The second kappa shape index (κ2) is 7.82. The summed E-state index contributed by atoms with van der Waals surface area (Å²) in [7, 11) is 0. The number of esters is 1. The van der Waals surface area contributed by atoms with E-state index in [0.717, 1.165) is 44.2 Å². The quantitative estimate of drug-likeness (QED) is 0.625.